The first-order chi connectivity index (χ1) is 13.4. The number of nitrogens with zero attached hydrogens (tertiary/aromatic N) is 3. The summed E-state index contributed by atoms with van der Waals surface area (Å²) in [5.74, 6) is 0.894. The van der Waals surface area contributed by atoms with Crippen molar-refractivity contribution in [3.8, 4) is 5.75 Å². The van der Waals surface area contributed by atoms with Crippen LogP contribution in [0.2, 0.25) is 0 Å². The molecule has 1 aromatic heterocycles. The van der Waals surface area contributed by atoms with E-state index in [9.17, 15) is 18.0 Å². The Morgan fingerprint density at radius 2 is 1.86 bits per heavy atom. The smallest absolute Gasteiger partial charge is 0.417 e. The molecule has 1 fully saturated rings. The third kappa shape index (κ3) is 4.89. The molecular formula is C19H20F3N3O2S. The maximum Gasteiger partial charge on any atom is 0.417 e. The quantitative estimate of drug-likeness (QED) is 0.705. The van der Waals surface area contributed by atoms with Crippen LogP contribution >= 0.6 is 11.8 Å². The highest BCUT2D eigenvalue weighted by molar-refractivity contribution is 7.99. The van der Waals surface area contributed by atoms with Gasteiger partial charge in [0.2, 0.25) is 5.91 Å². The Morgan fingerprint density at radius 3 is 2.46 bits per heavy atom. The predicted molar refractivity (Wildman–Crippen MR) is 102 cm³/mol. The Morgan fingerprint density at radius 1 is 1.14 bits per heavy atom. The molecule has 2 heterocycles. The maximum atomic E-state index is 12.6. The van der Waals surface area contributed by atoms with Crippen LogP contribution in [0.1, 0.15) is 5.56 Å². The fourth-order valence-corrected chi connectivity index (χ4v) is 3.69. The normalized spacial score (nSPS) is 14.9. The van der Waals surface area contributed by atoms with Crippen molar-refractivity contribution in [1.29, 1.82) is 0 Å². The van der Waals surface area contributed by atoms with Gasteiger partial charge in [0.05, 0.1) is 29.1 Å². The molecule has 150 valence electrons. The zero-order chi connectivity index (χ0) is 20.1. The van der Waals surface area contributed by atoms with E-state index in [-0.39, 0.29) is 11.7 Å². The summed E-state index contributed by atoms with van der Waals surface area (Å²) in [7, 11) is 1.63. The van der Waals surface area contributed by atoms with E-state index >= 15 is 0 Å². The number of amides is 1. The van der Waals surface area contributed by atoms with Gasteiger partial charge in [-0.25, -0.2) is 4.98 Å². The summed E-state index contributed by atoms with van der Waals surface area (Å²) >= 11 is 1.14. The second-order valence-corrected chi connectivity index (χ2v) is 7.21. The molecule has 1 saturated heterocycles. The van der Waals surface area contributed by atoms with E-state index in [2.05, 4.69) is 9.88 Å². The van der Waals surface area contributed by atoms with Crippen molar-refractivity contribution in [3.05, 3.63) is 48.2 Å². The van der Waals surface area contributed by atoms with Crippen LogP contribution in [-0.4, -0.2) is 54.8 Å². The minimum Gasteiger partial charge on any atom is -0.495 e. The van der Waals surface area contributed by atoms with Gasteiger partial charge in [-0.05, 0) is 24.3 Å². The lowest BCUT2D eigenvalue weighted by Crippen LogP contribution is -2.49. The molecule has 1 aromatic carbocycles. The maximum absolute atomic E-state index is 12.6. The molecule has 0 atom stereocenters. The van der Waals surface area contributed by atoms with Crippen LogP contribution in [0.25, 0.3) is 0 Å². The minimum absolute atomic E-state index is 0.0497. The van der Waals surface area contributed by atoms with Gasteiger partial charge in [-0.1, -0.05) is 23.9 Å². The average molecular weight is 411 g/mol. The summed E-state index contributed by atoms with van der Waals surface area (Å²) < 4.78 is 43.1. The number of pyridine rings is 1. The van der Waals surface area contributed by atoms with Crippen LogP contribution in [0.5, 0.6) is 5.75 Å². The number of aromatic nitrogens is 1. The van der Waals surface area contributed by atoms with E-state index in [1.54, 1.807) is 12.0 Å². The first kappa shape index (κ1) is 20.3. The molecule has 9 heteroatoms. The van der Waals surface area contributed by atoms with Crippen molar-refractivity contribution < 1.29 is 22.7 Å². The molecule has 0 N–H and O–H groups in total. The highest BCUT2D eigenvalue weighted by Gasteiger charge is 2.30. The van der Waals surface area contributed by atoms with Gasteiger partial charge in [0.1, 0.15) is 5.75 Å². The Bertz CT molecular complexity index is 807. The molecule has 5 nitrogen and oxygen atoms in total. The molecule has 0 unspecified atom stereocenters. The van der Waals surface area contributed by atoms with Crippen molar-refractivity contribution in [2.24, 2.45) is 0 Å². The van der Waals surface area contributed by atoms with Crippen LogP contribution in [0.4, 0.5) is 18.9 Å². The topological polar surface area (TPSA) is 45.7 Å². The summed E-state index contributed by atoms with van der Waals surface area (Å²) in [6.07, 6.45) is -3.62. The molecular weight excluding hydrogens is 391 g/mol. The molecule has 1 aliphatic heterocycles. The zero-order valence-corrected chi connectivity index (χ0v) is 16.1. The van der Waals surface area contributed by atoms with Crippen molar-refractivity contribution in [2.75, 3.05) is 43.9 Å². The monoisotopic (exact) mass is 411 g/mol. The number of piperazine rings is 1. The molecule has 1 amide bonds. The highest BCUT2D eigenvalue weighted by atomic mass is 32.2. The summed E-state index contributed by atoms with van der Waals surface area (Å²) in [6, 6.07) is 10.0. The van der Waals surface area contributed by atoms with Crippen LogP contribution < -0.4 is 9.64 Å². The van der Waals surface area contributed by atoms with Gasteiger partial charge in [0, 0.05) is 32.4 Å². The van der Waals surface area contributed by atoms with Gasteiger partial charge >= 0.3 is 6.18 Å². The van der Waals surface area contributed by atoms with E-state index in [0.29, 0.717) is 31.2 Å². The molecule has 0 aliphatic carbocycles. The summed E-state index contributed by atoms with van der Waals surface area (Å²) in [6.45, 7) is 2.54. The standard InChI is InChI=1S/C19H20F3N3O2S/c1-27-16-5-3-2-4-15(16)24-8-10-25(11-9-24)18(26)13-28-17-7-6-14(12-23-17)19(20,21)22/h2-7,12H,8-11,13H2,1H3. The highest BCUT2D eigenvalue weighted by Crippen LogP contribution is 2.30. The first-order valence-electron chi connectivity index (χ1n) is 8.70. The van der Waals surface area contributed by atoms with Crippen molar-refractivity contribution in [2.45, 2.75) is 11.2 Å². The molecule has 3 rings (SSSR count). The summed E-state index contributed by atoms with van der Waals surface area (Å²) in [4.78, 5) is 20.1. The molecule has 0 saturated carbocycles. The Labute approximate surface area is 165 Å². The largest absolute Gasteiger partial charge is 0.495 e. The van der Waals surface area contributed by atoms with E-state index in [1.807, 2.05) is 24.3 Å². The van der Waals surface area contributed by atoms with Gasteiger partial charge in [0.25, 0.3) is 0 Å². The lowest BCUT2D eigenvalue weighted by molar-refractivity contribution is -0.138. The summed E-state index contributed by atoms with van der Waals surface area (Å²) in [5, 5.41) is 0.397. The predicted octanol–water partition coefficient (Wildman–Crippen LogP) is 3.55. The van der Waals surface area contributed by atoms with Gasteiger partial charge < -0.3 is 14.5 Å². The second kappa shape index (κ2) is 8.72. The number of hydrogen-bond donors (Lipinski definition) is 0. The van der Waals surface area contributed by atoms with E-state index < -0.39 is 11.7 Å². The number of methoxy groups -OCH3 is 1. The lowest BCUT2D eigenvalue weighted by atomic mass is 10.2. The third-order valence-corrected chi connectivity index (χ3v) is 5.39. The molecule has 1 aliphatic rings. The molecule has 0 spiro atoms. The van der Waals surface area contributed by atoms with Crippen LogP contribution in [0, 0.1) is 0 Å². The van der Waals surface area contributed by atoms with Gasteiger partial charge in [-0.3, -0.25) is 4.79 Å². The first-order valence-corrected chi connectivity index (χ1v) is 9.69. The fourth-order valence-electron chi connectivity index (χ4n) is 2.95. The Hall–Kier alpha value is -2.42. The number of halogens is 3. The summed E-state index contributed by atoms with van der Waals surface area (Å²) in [5.41, 5.74) is 0.205. The van der Waals surface area contributed by atoms with Crippen molar-refractivity contribution >= 4 is 23.4 Å². The lowest BCUT2D eigenvalue weighted by Gasteiger charge is -2.36. The van der Waals surface area contributed by atoms with Gasteiger partial charge in [0.15, 0.2) is 0 Å². The molecule has 0 radical (unpaired) electrons. The van der Waals surface area contributed by atoms with Crippen LogP contribution in [0.3, 0.4) is 0 Å². The average Bonchev–Trinajstić information content (AvgIpc) is 2.71. The van der Waals surface area contributed by atoms with E-state index in [1.165, 1.54) is 6.07 Å². The van der Waals surface area contributed by atoms with Crippen molar-refractivity contribution in [1.82, 2.24) is 9.88 Å². The Balaban J connectivity index is 1.50. The van der Waals surface area contributed by atoms with Gasteiger partial charge in [-0.15, -0.1) is 0 Å². The van der Waals surface area contributed by atoms with Crippen molar-refractivity contribution in [3.63, 3.8) is 0 Å². The number of hydrogen-bond acceptors (Lipinski definition) is 5. The number of para-hydroxylation sites is 2. The SMILES string of the molecule is COc1ccccc1N1CCN(C(=O)CSc2ccc(C(F)(F)F)cn2)CC1. The number of anilines is 1. The second-order valence-electron chi connectivity index (χ2n) is 6.21. The van der Waals surface area contributed by atoms with Crippen LogP contribution in [0.15, 0.2) is 47.6 Å². The molecule has 2 aromatic rings. The number of thioether (sulfide) groups is 1. The molecule has 28 heavy (non-hydrogen) atoms. The Kier molecular flexibility index (Phi) is 6.33. The van der Waals surface area contributed by atoms with E-state index in [0.717, 1.165) is 35.5 Å². The fraction of sp³-hybridized carbons (Fsp3) is 0.368. The number of alkyl halides is 3. The number of rotatable bonds is 5. The number of ether oxygens (including phenoxy) is 1. The molecule has 0 bridgehead atoms. The van der Waals surface area contributed by atoms with Gasteiger partial charge in [-0.2, -0.15) is 13.2 Å². The number of carbonyl (C=O) groups excluding carboxylic acids is 1. The van der Waals surface area contributed by atoms with E-state index in [4.69, 9.17) is 4.74 Å². The number of carbonyl (C=O) groups is 1. The minimum atomic E-state index is -4.41. The van der Waals surface area contributed by atoms with Crippen LogP contribution in [-0.2, 0) is 11.0 Å². The zero-order valence-electron chi connectivity index (χ0n) is 15.3. The third-order valence-electron chi connectivity index (χ3n) is 4.47. The number of benzene rings is 1.